The molecule has 1 unspecified atom stereocenters. The van der Waals surface area contributed by atoms with Gasteiger partial charge in [0.2, 0.25) is 5.91 Å². The van der Waals surface area contributed by atoms with Gasteiger partial charge in [0.25, 0.3) is 0 Å². The van der Waals surface area contributed by atoms with E-state index in [1.165, 1.54) is 0 Å². The standard InChI is InChI=1S/C15H21ClN2O3/c1-15(6-4-5-7-17-15)14(19)18-11-9-13(21-3)12(20-2)8-10(11)16/h8-9,17H,4-7H2,1-3H3,(H,18,19). The molecule has 0 aromatic heterocycles. The molecule has 116 valence electrons. The van der Waals surface area contributed by atoms with Crippen molar-refractivity contribution in [3.63, 3.8) is 0 Å². The average Bonchev–Trinajstić information content (AvgIpc) is 2.49. The van der Waals surface area contributed by atoms with Crippen molar-refractivity contribution < 1.29 is 14.3 Å². The second kappa shape index (κ2) is 6.54. The van der Waals surface area contributed by atoms with Gasteiger partial charge < -0.3 is 20.1 Å². The number of rotatable bonds is 4. The van der Waals surface area contributed by atoms with Gasteiger partial charge in [-0.2, -0.15) is 0 Å². The minimum Gasteiger partial charge on any atom is -0.493 e. The lowest BCUT2D eigenvalue weighted by Gasteiger charge is -2.33. The molecule has 0 bridgehead atoms. The van der Waals surface area contributed by atoms with Crippen LogP contribution in [0, 0.1) is 0 Å². The van der Waals surface area contributed by atoms with Gasteiger partial charge in [0, 0.05) is 12.1 Å². The summed E-state index contributed by atoms with van der Waals surface area (Å²) in [7, 11) is 3.08. The van der Waals surface area contributed by atoms with Crippen molar-refractivity contribution in [1.29, 1.82) is 0 Å². The number of hydrogen-bond donors (Lipinski definition) is 2. The fraction of sp³-hybridized carbons (Fsp3) is 0.533. The Balaban J connectivity index is 2.20. The first-order valence-corrected chi connectivity index (χ1v) is 7.36. The largest absolute Gasteiger partial charge is 0.493 e. The molecule has 0 saturated carbocycles. The molecule has 2 rings (SSSR count). The zero-order chi connectivity index (χ0) is 15.5. The van der Waals surface area contributed by atoms with E-state index >= 15 is 0 Å². The number of benzene rings is 1. The molecule has 1 heterocycles. The number of halogens is 1. The minimum absolute atomic E-state index is 0.0867. The van der Waals surface area contributed by atoms with Crippen LogP contribution in [0.1, 0.15) is 26.2 Å². The van der Waals surface area contributed by atoms with Gasteiger partial charge in [-0.25, -0.2) is 0 Å². The molecular weight excluding hydrogens is 292 g/mol. The van der Waals surface area contributed by atoms with Gasteiger partial charge in [-0.15, -0.1) is 0 Å². The van der Waals surface area contributed by atoms with Gasteiger partial charge in [-0.1, -0.05) is 11.6 Å². The molecule has 21 heavy (non-hydrogen) atoms. The van der Waals surface area contributed by atoms with Crippen molar-refractivity contribution >= 4 is 23.2 Å². The molecule has 1 amide bonds. The summed E-state index contributed by atoms with van der Waals surface area (Å²) in [5.41, 5.74) is -0.0396. The molecule has 2 N–H and O–H groups in total. The van der Waals surface area contributed by atoms with Crippen LogP contribution >= 0.6 is 11.6 Å². The van der Waals surface area contributed by atoms with Gasteiger partial charge in [0.1, 0.15) is 0 Å². The van der Waals surface area contributed by atoms with Gasteiger partial charge in [0.15, 0.2) is 11.5 Å². The quantitative estimate of drug-likeness (QED) is 0.897. The highest BCUT2D eigenvalue weighted by Gasteiger charge is 2.34. The summed E-state index contributed by atoms with van der Waals surface area (Å²) >= 11 is 6.19. The first-order valence-electron chi connectivity index (χ1n) is 6.98. The summed E-state index contributed by atoms with van der Waals surface area (Å²) in [5.74, 6) is 0.970. The number of carbonyl (C=O) groups is 1. The number of hydrogen-bond acceptors (Lipinski definition) is 4. The number of ether oxygens (including phenoxy) is 2. The average molecular weight is 313 g/mol. The molecule has 0 aliphatic carbocycles. The highest BCUT2D eigenvalue weighted by molar-refractivity contribution is 6.34. The second-order valence-corrected chi connectivity index (χ2v) is 5.76. The van der Waals surface area contributed by atoms with Gasteiger partial charge >= 0.3 is 0 Å². The Hall–Kier alpha value is -1.46. The van der Waals surface area contributed by atoms with Crippen molar-refractivity contribution in [2.45, 2.75) is 31.7 Å². The number of anilines is 1. The van der Waals surface area contributed by atoms with E-state index in [0.29, 0.717) is 22.2 Å². The molecule has 1 saturated heterocycles. The van der Waals surface area contributed by atoms with E-state index < -0.39 is 5.54 Å². The van der Waals surface area contributed by atoms with Gasteiger partial charge in [-0.05, 0) is 32.7 Å². The number of nitrogens with one attached hydrogen (secondary N) is 2. The monoisotopic (exact) mass is 312 g/mol. The molecule has 1 aliphatic rings. The molecule has 1 fully saturated rings. The molecular formula is C15H21ClN2O3. The lowest BCUT2D eigenvalue weighted by molar-refractivity contribution is -0.122. The highest BCUT2D eigenvalue weighted by Crippen LogP contribution is 2.36. The van der Waals surface area contributed by atoms with E-state index in [9.17, 15) is 4.79 Å². The number of amides is 1. The molecule has 6 heteroatoms. The van der Waals surface area contributed by atoms with Crippen LogP contribution in [-0.4, -0.2) is 32.2 Å². The lowest BCUT2D eigenvalue weighted by atomic mass is 9.90. The number of methoxy groups -OCH3 is 2. The second-order valence-electron chi connectivity index (χ2n) is 5.36. The summed E-state index contributed by atoms with van der Waals surface area (Å²) in [6.07, 6.45) is 2.94. The van der Waals surface area contributed by atoms with Gasteiger partial charge in [0.05, 0.1) is 30.5 Å². The fourth-order valence-electron chi connectivity index (χ4n) is 2.46. The first kappa shape index (κ1) is 15.9. The van der Waals surface area contributed by atoms with Crippen LogP contribution in [0.15, 0.2) is 12.1 Å². The summed E-state index contributed by atoms with van der Waals surface area (Å²) in [5, 5.41) is 6.57. The number of carbonyl (C=O) groups excluding carboxylic acids is 1. The topological polar surface area (TPSA) is 59.6 Å². The van der Waals surface area contributed by atoms with E-state index in [1.807, 2.05) is 6.92 Å². The summed E-state index contributed by atoms with van der Waals surface area (Å²) in [4.78, 5) is 12.5. The van der Waals surface area contributed by atoms with E-state index in [1.54, 1.807) is 26.4 Å². The van der Waals surface area contributed by atoms with Crippen LogP contribution < -0.4 is 20.1 Å². The summed E-state index contributed by atoms with van der Waals surface area (Å²) < 4.78 is 10.4. The molecule has 0 spiro atoms. The SMILES string of the molecule is COc1cc(Cl)c(NC(=O)C2(C)CCCCN2)cc1OC. The maximum atomic E-state index is 12.5. The molecule has 1 aromatic rings. The Morgan fingerprint density at radius 1 is 1.29 bits per heavy atom. The van der Waals surface area contributed by atoms with Crippen LogP contribution in [0.3, 0.4) is 0 Å². The van der Waals surface area contributed by atoms with E-state index in [-0.39, 0.29) is 5.91 Å². The normalized spacial score (nSPS) is 21.7. The van der Waals surface area contributed by atoms with E-state index in [2.05, 4.69) is 10.6 Å². The van der Waals surface area contributed by atoms with Crippen LogP contribution in [0.25, 0.3) is 0 Å². The molecule has 1 atom stereocenters. The van der Waals surface area contributed by atoms with Gasteiger partial charge in [-0.3, -0.25) is 4.79 Å². The first-order chi connectivity index (χ1) is 10.00. The van der Waals surface area contributed by atoms with Crippen LogP contribution in [0.4, 0.5) is 5.69 Å². The predicted molar refractivity (Wildman–Crippen MR) is 83.4 cm³/mol. The third-order valence-electron chi connectivity index (χ3n) is 3.84. The Bertz CT molecular complexity index is 528. The highest BCUT2D eigenvalue weighted by atomic mass is 35.5. The Kier molecular flexibility index (Phi) is 4.96. The van der Waals surface area contributed by atoms with E-state index in [4.69, 9.17) is 21.1 Å². The van der Waals surface area contributed by atoms with Crippen LogP contribution in [0.2, 0.25) is 5.02 Å². The zero-order valence-electron chi connectivity index (χ0n) is 12.6. The molecule has 1 aromatic carbocycles. The predicted octanol–water partition coefficient (Wildman–Crippen LogP) is 2.83. The van der Waals surface area contributed by atoms with Crippen molar-refractivity contribution in [2.75, 3.05) is 26.1 Å². The summed E-state index contributed by atoms with van der Waals surface area (Å²) in [6, 6.07) is 3.30. The Morgan fingerprint density at radius 3 is 2.52 bits per heavy atom. The lowest BCUT2D eigenvalue weighted by Crippen LogP contribution is -2.54. The van der Waals surface area contributed by atoms with Crippen molar-refractivity contribution in [3.8, 4) is 11.5 Å². The third-order valence-corrected chi connectivity index (χ3v) is 4.15. The van der Waals surface area contributed by atoms with Crippen molar-refractivity contribution in [1.82, 2.24) is 5.32 Å². The smallest absolute Gasteiger partial charge is 0.244 e. The van der Waals surface area contributed by atoms with Crippen molar-refractivity contribution in [3.05, 3.63) is 17.2 Å². The third kappa shape index (κ3) is 3.41. The maximum Gasteiger partial charge on any atom is 0.244 e. The zero-order valence-corrected chi connectivity index (χ0v) is 13.3. The molecule has 1 aliphatic heterocycles. The molecule has 5 nitrogen and oxygen atoms in total. The Labute approximate surface area is 130 Å². The summed E-state index contributed by atoms with van der Waals surface area (Å²) in [6.45, 7) is 2.76. The maximum absolute atomic E-state index is 12.5. The Morgan fingerprint density at radius 2 is 1.95 bits per heavy atom. The molecule has 0 radical (unpaired) electrons. The van der Waals surface area contributed by atoms with Crippen LogP contribution in [-0.2, 0) is 4.79 Å². The van der Waals surface area contributed by atoms with Crippen LogP contribution in [0.5, 0.6) is 11.5 Å². The number of piperidine rings is 1. The fourth-order valence-corrected chi connectivity index (χ4v) is 2.66. The van der Waals surface area contributed by atoms with E-state index in [0.717, 1.165) is 25.8 Å². The van der Waals surface area contributed by atoms with Crippen molar-refractivity contribution in [2.24, 2.45) is 0 Å². The minimum atomic E-state index is -0.561.